The lowest BCUT2D eigenvalue weighted by atomic mass is 9.92. The third-order valence-corrected chi connectivity index (χ3v) is 7.29. The lowest BCUT2D eigenvalue weighted by Gasteiger charge is -2.25. The molecule has 0 fully saturated rings. The Hall–Kier alpha value is -5.15. The molecule has 1 aliphatic rings. The van der Waals surface area contributed by atoms with Gasteiger partial charge in [0, 0.05) is 39.5 Å². The van der Waals surface area contributed by atoms with Gasteiger partial charge in [0.1, 0.15) is 0 Å². The van der Waals surface area contributed by atoms with E-state index in [4.69, 9.17) is 5.41 Å². The van der Waals surface area contributed by atoms with E-state index in [-0.39, 0.29) is 0 Å². The average Bonchev–Trinajstić information content (AvgIpc) is 3.33. The molecule has 180 valence electrons. The summed E-state index contributed by atoms with van der Waals surface area (Å²) in [6.45, 7) is 0. The fourth-order valence-electron chi connectivity index (χ4n) is 5.52. The minimum Gasteiger partial charge on any atom is -0.354 e. The number of fused-ring (bicyclic) bond motifs is 4. The minimum atomic E-state index is 0.854. The van der Waals surface area contributed by atoms with Crippen LogP contribution in [0.25, 0.3) is 50.5 Å². The zero-order valence-electron chi connectivity index (χ0n) is 20.7. The first-order valence-corrected chi connectivity index (χ1v) is 12.8. The van der Waals surface area contributed by atoms with Crippen molar-refractivity contribution in [2.24, 2.45) is 0 Å². The van der Waals surface area contributed by atoms with Crippen molar-refractivity contribution >= 4 is 51.1 Å². The van der Waals surface area contributed by atoms with Crippen molar-refractivity contribution in [2.75, 3.05) is 0 Å². The Morgan fingerprint density at radius 2 is 1.26 bits per heavy atom. The van der Waals surface area contributed by atoms with Gasteiger partial charge in [0.15, 0.2) is 0 Å². The molecule has 38 heavy (non-hydrogen) atoms. The number of rotatable bonds is 4. The summed E-state index contributed by atoms with van der Waals surface area (Å²) in [5.41, 5.74) is 10.6. The van der Waals surface area contributed by atoms with Gasteiger partial charge in [-0.25, -0.2) is 0 Å². The molecule has 0 amide bonds. The Labute approximate surface area is 221 Å². The number of hydrogen-bond donors (Lipinski definition) is 2. The first-order valence-electron chi connectivity index (χ1n) is 12.8. The number of aromatic nitrogens is 1. The molecule has 0 radical (unpaired) electrons. The molecule has 0 aliphatic carbocycles. The molecule has 0 saturated carbocycles. The molecule has 3 nitrogen and oxygen atoms in total. The van der Waals surface area contributed by atoms with E-state index in [1.165, 1.54) is 28.0 Å². The highest BCUT2D eigenvalue weighted by atomic mass is 15.0. The van der Waals surface area contributed by atoms with Crippen LogP contribution in [0.15, 0.2) is 127 Å². The van der Waals surface area contributed by atoms with Gasteiger partial charge in [-0.2, -0.15) is 0 Å². The fourth-order valence-corrected chi connectivity index (χ4v) is 5.52. The van der Waals surface area contributed by atoms with E-state index in [9.17, 15) is 0 Å². The molecule has 6 aromatic rings. The number of benzene rings is 5. The Balaban J connectivity index is 1.51. The van der Waals surface area contributed by atoms with Crippen molar-refractivity contribution in [1.82, 2.24) is 9.88 Å². The van der Waals surface area contributed by atoms with Crippen molar-refractivity contribution < 1.29 is 0 Å². The van der Waals surface area contributed by atoms with Gasteiger partial charge in [0.25, 0.3) is 0 Å². The maximum absolute atomic E-state index is 8.41. The second-order valence-corrected chi connectivity index (χ2v) is 9.49. The summed E-state index contributed by atoms with van der Waals surface area (Å²) in [5, 5.41) is 14.6. The number of nitrogens with zero attached hydrogens (tertiary/aromatic N) is 1. The lowest BCUT2D eigenvalue weighted by molar-refractivity contribution is 1.16. The Morgan fingerprint density at radius 1 is 0.658 bits per heavy atom. The van der Waals surface area contributed by atoms with Crippen molar-refractivity contribution in [1.29, 1.82) is 5.41 Å². The van der Waals surface area contributed by atoms with Crippen LogP contribution in [0.3, 0.4) is 0 Å². The summed E-state index contributed by atoms with van der Waals surface area (Å²) < 4.78 is 2.34. The first kappa shape index (κ1) is 22.1. The molecule has 2 heterocycles. The van der Waals surface area contributed by atoms with Crippen LogP contribution in [0.5, 0.6) is 0 Å². The summed E-state index contributed by atoms with van der Waals surface area (Å²) in [5.74, 6) is 0. The first-order chi connectivity index (χ1) is 18.8. The molecule has 5 aromatic carbocycles. The van der Waals surface area contributed by atoms with E-state index in [1.54, 1.807) is 0 Å². The topological polar surface area (TPSA) is 40.8 Å². The molecule has 0 unspecified atom stereocenters. The van der Waals surface area contributed by atoms with Crippen LogP contribution < -0.4 is 5.32 Å². The van der Waals surface area contributed by atoms with Crippen molar-refractivity contribution in [2.45, 2.75) is 0 Å². The van der Waals surface area contributed by atoms with Crippen molar-refractivity contribution in [3.05, 3.63) is 150 Å². The van der Waals surface area contributed by atoms with E-state index in [1.807, 2.05) is 24.3 Å². The molecule has 0 bridgehead atoms. The van der Waals surface area contributed by atoms with Gasteiger partial charge in [0.2, 0.25) is 0 Å². The SMILES string of the molecule is N=C/C(=C1\NC(c2ccccc2)=Cc2ccc(-n3c4ccccc4c4ccccc43)cc21)c1ccccc1. The van der Waals surface area contributed by atoms with Crippen LogP contribution in [0.4, 0.5) is 0 Å². The highest BCUT2D eigenvalue weighted by Crippen LogP contribution is 2.37. The third-order valence-electron chi connectivity index (χ3n) is 7.29. The summed E-state index contributed by atoms with van der Waals surface area (Å²) in [7, 11) is 0. The number of allylic oxidation sites excluding steroid dienone is 1. The summed E-state index contributed by atoms with van der Waals surface area (Å²) in [4.78, 5) is 0. The summed E-state index contributed by atoms with van der Waals surface area (Å²) in [6, 6.07) is 44.3. The van der Waals surface area contributed by atoms with E-state index in [0.29, 0.717) is 0 Å². The number of hydrogen-bond acceptors (Lipinski definition) is 2. The van der Waals surface area contributed by atoms with E-state index < -0.39 is 0 Å². The van der Waals surface area contributed by atoms with Gasteiger partial charge in [-0.15, -0.1) is 0 Å². The van der Waals surface area contributed by atoms with Gasteiger partial charge >= 0.3 is 0 Å². The second-order valence-electron chi connectivity index (χ2n) is 9.49. The Kier molecular flexibility index (Phi) is 5.26. The molecule has 3 heteroatoms. The van der Waals surface area contributed by atoms with Crippen molar-refractivity contribution in [3.63, 3.8) is 0 Å². The number of para-hydroxylation sites is 2. The predicted molar refractivity (Wildman–Crippen MR) is 160 cm³/mol. The van der Waals surface area contributed by atoms with Gasteiger partial charge in [-0.05, 0) is 47.0 Å². The van der Waals surface area contributed by atoms with Gasteiger partial charge in [-0.1, -0.05) is 103 Å². The molecule has 1 aliphatic heterocycles. The van der Waals surface area contributed by atoms with E-state index in [2.05, 4.69) is 119 Å². The Morgan fingerprint density at radius 3 is 1.92 bits per heavy atom. The highest BCUT2D eigenvalue weighted by Gasteiger charge is 2.21. The van der Waals surface area contributed by atoms with E-state index >= 15 is 0 Å². The fraction of sp³-hybridized carbons (Fsp3) is 0. The summed E-state index contributed by atoms with van der Waals surface area (Å²) in [6.07, 6.45) is 3.67. The summed E-state index contributed by atoms with van der Waals surface area (Å²) >= 11 is 0. The van der Waals surface area contributed by atoms with Crippen LogP contribution >= 0.6 is 0 Å². The zero-order valence-corrected chi connectivity index (χ0v) is 20.7. The molecule has 1 aromatic heterocycles. The number of nitrogens with one attached hydrogen (secondary N) is 2. The molecule has 0 spiro atoms. The molecule has 2 N–H and O–H groups in total. The van der Waals surface area contributed by atoms with Gasteiger partial charge < -0.3 is 15.3 Å². The molecule has 0 saturated heterocycles. The molecular formula is C35H25N3. The Bertz CT molecular complexity index is 1840. The molecule has 0 atom stereocenters. The second kappa shape index (κ2) is 9.06. The highest BCUT2D eigenvalue weighted by molar-refractivity contribution is 6.20. The van der Waals surface area contributed by atoms with Crippen LogP contribution in [0.2, 0.25) is 0 Å². The predicted octanol–water partition coefficient (Wildman–Crippen LogP) is 8.40. The monoisotopic (exact) mass is 487 g/mol. The van der Waals surface area contributed by atoms with Gasteiger partial charge in [0.05, 0.1) is 16.7 Å². The smallest absolute Gasteiger partial charge is 0.0559 e. The lowest BCUT2D eigenvalue weighted by Crippen LogP contribution is -2.18. The van der Waals surface area contributed by atoms with Crippen molar-refractivity contribution in [3.8, 4) is 5.69 Å². The normalized spacial score (nSPS) is 14.1. The van der Waals surface area contributed by atoms with Crippen LogP contribution in [-0.4, -0.2) is 10.8 Å². The maximum atomic E-state index is 8.41. The third kappa shape index (κ3) is 3.56. The zero-order chi connectivity index (χ0) is 25.5. The quantitative estimate of drug-likeness (QED) is 0.241. The van der Waals surface area contributed by atoms with E-state index in [0.717, 1.165) is 44.9 Å². The maximum Gasteiger partial charge on any atom is 0.0559 e. The molecular weight excluding hydrogens is 462 g/mol. The van der Waals surface area contributed by atoms with Crippen LogP contribution in [0.1, 0.15) is 22.3 Å². The average molecular weight is 488 g/mol. The van der Waals surface area contributed by atoms with Crippen LogP contribution in [-0.2, 0) is 0 Å². The minimum absolute atomic E-state index is 0.854. The molecule has 7 rings (SSSR count). The van der Waals surface area contributed by atoms with Gasteiger partial charge in [-0.3, -0.25) is 0 Å². The largest absolute Gasteiger partial charge is 0.354 e. The van der Waals surface area contributed by atoms with Crippen LogP contribution in [0, 0.1) is 5.41 Å². The standard InChI is InChI=1S/C35H25N3/c36-23-31(24-11-3-1-4-12-24)35-30-22-27(20-19-26(30)21-32(37-35)25-13-5-2-6-14-25)38-33-17-9-7-15-28(33)29-16-8-10-18-34(29)38/h1-23,36-37H/b35-31+,36-23?.